The molecule has 29 heavy (non-hydrogen) atoms. The minimum Gasteiger partial charge on any atom is -0.501 e. The van der Waals surface area contributed by atoms with Gasteiger partial charge in [0.05, 0.1) is 31.8 Å². The minimum absolute atomic E-state index is 0.156. The smallest absolute Gasteiger partial charge is 0.256 e. The highest BCUT2D eigenvalue weighted by atomic mass is 16.5. The van der Waals surface area contributed by atoms with Crippen LogP contribution in [0.15, 0.2) is 63.5 Å². The molecule has 0 bridgehead atoms. The molecule has 1 aromatic rings. The molecule has 1 amide bonds. The Labute approximate surface area is 172 Å². The normalized spacial score (nSPS) is 19.8. The van der Waals surface area contributed by atoms with Crippen LogP contribution in [-0.4, -0.2) is 51.1 Å². The molecule has 154 valence electrons. The van der Waals surface area contributed by atoms with Crippen LogP contribution in [0.4, 0.5) is 0 Å². The Hall–Kier alpha value is -2.70. The molecule has 1 aromatic carbocycles. The van der Waals surface area contributed by atoms with Gasteiger partial charge >= 0.3 is 0 Å². The van der Waals surface area contributed by atoms with Crippen molar-refractivity contribution in [1.82, 2.24) is 10.2 Å². The number of rotatable bonds is 5. The second kappa shape index (κ2) is 9.20. The largest absolute Gasteiger partial charge is 0.501 e. The molecule has 0 saturated carbocycles. The van der Waals surface area contributed by atoms with E-state index >= 15 is 0 Å². The summed E-state index contributed by atoms with van der Waals surface area (Å²) in [7, 11) is 5.69. The maximum absolute atomic E-state index is 12.7. The van der Waals surface area contributed by atoms with Crippen molar-refractivity contribution in [2.45, 2.75) is 26.8 Å². The fourth-order valence-corrected chi connectivity index (χ4v) is 3.42. The number of methoxy groups -OCH3 is 1. The zero-order chi connectivity index (χ0) is 21.0. The van der Waals surface area contributed by atoms with Crippen LogP contribution < -0.4 is 5.32 Å². The summed E-state index contributed by atoms with van der Waals surface area (Å²) in [6.45, 7) is 6.01. The standard InChI is InChI=1S/C23H29N3O3/c1-15(19-10-11-29-14-19)22-20(16(2)28-5)12-21(24-22)25-23(27)18-8-6-17(7-9-18)13-26(3)4/h6-10H,11-14H2,1-5H3,(H,24,25,27)/b20-16+,22-15-. The van der Waals surface area contributed by atoms with E-state index in [1.54, 1.807) is 7.11 Å². The van der Waals surface area contributed by atoms with Crippen molar-refractivity contribution >= 4 is 11.7 Å². The van der Waals surface area contributed by atoms with Crippen molar-refractivity contribution in [3.8, 4) is 0 Å². The number of amidine groups is 1. The SMILES string of the molecule is CO/C(C)=C1\CC(NC(=O)c2ccc(CN(C)C)cc2)=N\C1=C(\C)C1=CCOC1. The van der Waals surface area contributed by atoms with Crippen LogP contribution in [0, 0.1) is 0 Å². The topological polar surface area (TPSA) is 63.2 Å². The van der Waals surface area contributed by atoms with Gasteiger partial charge in [-0.1, -0.05) is 18.2 Å². The molecule has 0 atom stereocenters. The van der Waals surface area contributed by atoms with Crippen LogP contribution in [0.1, 0.15) is 36.2 Å². The van der Waals surface area contributed by atoms with Crippen LogP contribution in [-0.2, 0) is 16.0 Å². The lowest BCUT2D eigenvalue weighted by Gasteiger charge is -2.10. The molecule has 0 spiro atoms. The highest BCUT2D eigenvalue weighted by Gasteiger charge is 2.25. The number of carbonyl (C=O) groups excluding carboxylic acids is 1. The van der Waals surface area contributed by atoms with Crippen LogP contribution in [0.2, 0.25) is 0 Å². The third kappa shape index (κ3) is 5.02. The number of hydrogen-bond acceptors (Lipinski definition) is 5. The first-order chi connectivity index (χ1) is 13.9. The van der Waals surface area contributed by atoms with Crippen LogP contribution in [0.3, 0.4) is 0 Å². The number of benzene rings is 1. The van der Waals surface area contributed by atoms with Gasteiger partial charge in [-0.25, -0.2) is 4.99 Å². The van der Waals surface area contributed by atoms with Gasteiger partial charge in [0.2, 0.25) is 0 Å². The van der Waals surface area contributed by atoms with Gasteiger partial charge in [0, 0.05) is 24.1 Å². The number of allylic oxidation sites excluding steroid dienone is 2. The number of aliphatic imine (C=N–C) groups is 1. The second-order valence-corrected chi connectivity index (χ2v) is 7.58. The number of nitrogens with zero attached hydrogens (tertiary/aromatic N) is 2. The molecule has 0 aromatic heterocycles. The minimum atomic E-state index is -0.156. The van der Waals surface area contributed by atoms with E-state index in [4.69, 9.17) is 14.5 Å². The lowest BCUT2D eigenvalue weighted by atomic mass is 10.0. The summed E-state index contributed by atoms with van der Waals surface area (Å²) < 4.78 is 10.9. The number of hydrogen-bond donors (Lipinski definition) is 1. The Morgan fingerprint density at radius 3 is 2.55 bits per heavy atom. The molecule has 0 fully saturated rings. The summed E-state index contributed by atoms with van der Waals surface area (Å²) in [5.41, 5.74) is 5.83. The monoisotopic (exact) mass is 395 g/mol. The molecule has 3 rings (SSSR count). The molecule has 6 heteroatoms. The molecule has 6 nitrogen and oxygen atoms in total. The Morgan fingerprint density at radius 1 is 1.24 bits per heavy atom. The Kier molecular flexibility index (Phi) is 6.67. The van der Waals surface area contributed by atoms with Crippen molar-refractivity contribution in [2.24, 2.45) is 4.99 Å². The summed E-state index contributed by atoms with van der Waals surface area (Å²) >= 11 is 0. The molecule has 2 aliphatic rings. The molecule has 2 aliphatic heterocycles. The average Bonchev–Trinajstić information content (AvgIpc) is 3.37. The summed E-state index contributed by atoms with van der Waals surface area (Å²) in [6.07, 6.45) is 2.61. The van der Waals surface area contributed by atoms with E-state index < -0.39 is 0 Å². The molecule has 0 aliphatic carbocycles. The number of ether oxygens (including phenoxy) is 2. The van der Waals surface area contributed by atoms with Gasteiger partial charge in [-0.2, -0.15) is 0 Å². The van der Waals surface area contributed by atoms with E-state index in [1.165, 1.54) is 5.56 Å². The van der Waals surface area contributed by atoms with Gasteiger partial charge in [-0.3, -0.25) is 4.79 Å². The third-order valence-electron chi connectivity index (χ3n) is 5.12. The molecular weight excluding hydrogens is 366 g/mol. The second-order valence-electron chi connectivity index (χ2n) is 7.58. The zero-order valence-electron chi connectivity index (χ0n) is 17.8. The van der Waals surface area contributed by atoms with Gasteiger partial charge in [-0.15, -0.1) is 0 Å². The molecule has 0 radical (unpaired) electrons. The number of carbonyl (C=O) groups is 1. The number of amides is 1. The summed E-state index contributed by atoms with van der Waals surface area (Å²) in [4.78, 5) is 19.5. The van der Waals surface area contributed by atoms with Crippen molar-refractivity contribution < 1.29 is 14.3 Å². The summed E-state index contributed by atoms with van der Waals surface area (Å²) in [5, 5.41) is 2.97. The van der Waals surface area contributed by atoms with Gasteiger partial charge in [-0.05, 0) is 56.8 Å². The first-order valence-corrected chi connectivity index (χ1v) is 9.73. The van der Waals surface area contributed by atoms with Crippen LogP contribution in [0.25, 0.3) is 0 Å². The maximum Gasteiger partial charge on any atom is 0.256 e. The molecule has 1 N–H and O–H groups in total. The summed E-state index contributed by atoms with van der Waals surface area (Å²) in [5.74, 6) is 1.28. The Bertz CT molecular complexity index is 906. The third-order valence-corrected chi connectivity index (χ3v) is 5.12. The first kappa shape index (κ1) is 21.0. The Balaban J connectivity index is 1.80. The van der Waals surface area contributed by atoms with E-state index in [1.807, 2.05) is 52.2 Å². The fourth-order valence-electron chi connectivity index (χ4n) is 3.42. The highest BCUT2D eigenvalue weighted by molar-refractivity contribution is 6.08. The molecule has 0 saturated heterocycles. The summed E-state index contributed by atoms with van der Waals surface area (Å²) in [6, 6.07) is 7.66. The van der Waals surface area contributed by atoms with Gasteiger partial charge in [0.15, 0.2) is 0 Å². The van der Waals surface area contributed by atoms with E-state index in [0.29, 0.717) is 31.0 Å². The lowest BCUT2D eigenvalue weighted by Crippen LogP contribution is -2.29. The van der Waals surface area contributed by atoms with E-state index in [-0.39, 0.29) is 5.91 Å². The zero-order valence-corrected chi connectivity index (χ0v) is 17.8. The van der Waals surface area contributed by atoms with Gasteiger partial charge < -0.3 is 19.7 Å². The van der Waals surface area contributed by atoms with Crippen molar-refractivity contribution in [1.29, 1.82) is 0 Å². The van der Waals surface area contributed by atoms with E-state index in [9.17, 15) is 4.79 Å². The van der Waals surface area contributed by atoms with Crippen LogP contribution in [0.5, 0.6) is 0 Å². The molecular formula is C23H29N3O3. The molecule has 2 heterocycles. The van der Waals surface area contributed by atoms with Gasteiger partial charge in [0.25, 0.3) is 5.91 Å². The first-order valence-electron chi connectivity index (χ1n) is 9.73. The van der Waals surface area contributed by atoms with Crippen LogP contribution >= 0.6 is 0 Å². The van der Waals surface area contributed by atoms with E-state index in [2.05, 4.69) is 16.3 Å². The van der Waals surface area contributed by atoms with E-state index in [0.717, 1.165) is 34.7 Å². The average molecular weight is 396 g/mol. The number of nitrogens with one attached hydrogen (secondary N) is 1. The highest BCUT2D eigenvalue weighted by Crippen LogP contribution is 2.33. The van der Waals surface area contributed by atoms with Crippen molar-refractivity contribution in [2.75, 3.05) is 34.4 Å². The van der Waals surface area contributed by atoms with Crippen molar-refractivity contribution in [3.63, 3.8) is 0 Å². The Morgan fingerprint density at radius 2 is 1.97 bits per heavy atom. The van der Waals surface area contributed by atoms with Crippen molar-refractivity contribution in [3.05, 3.63) is 69.6 Å². The predicted octanol–water partition coefficient (Wildman–Crippen LogP) is 3.43. The quantitative estimate of drug-likeness (QED) is 0.776. The lowest BCUT2D eigenvalue weighted by molar-refractivity contribution is 0.0976. The maximum atomic E-state index is 12.7. The fraction of sp³-hybridized carbons (Fsp3) is 0.391. The van der Waals surface area contributed by atoms with Gasteiger partial charge in [0.1, 0.15) is 5.84 Å². The molecule has 0 unspecified atom stereocenters. The predicted molar refractivity (Wildman–Crippen MR) is 115 cm³/mol.